The molecule has 0 radical (unpaired) electrons. The molecule has 0 bridgehead atoms. The van der Waals surface area contributed by atoms with E-state index in [4.69, 9.17) is 5.73 Å². The quantitative estimate of drug-likeness (QED) is 0.726. The Balaban J connectivity index is 1.89. The van der Waals surface area contributed by atoms with Crippen LogP contribution in [0.3, 0.4) is 0 Å². The Morgan fingerprint density at radius 2 is 1.90 bits per heavy atom. The minimum absolute atomic E-state index is 0.201. The van der Waals surface area contributed by atoms with Gasteiger partial charge in [0.25, 0.3) is 0 Å². The van der Waals surface area contributed by atoms with Gasteiger partial charge in [0.15, 0.2) is 0 Å². The summed E-state index contributed by atoms with van der Waals surface area (Å²) >= 11 is 0. The lowest BCUT2D eigenvalue weighted by molar-refractivity contribution is 0.285. The van der Waals surface area contributed by atoms with Crippen molar-refractivity contribution in [3.63, 3.8) is 0 Å². The number of benzene rings is 1. The van der Waals surface area contributed by atoms with Gasteiger partial charge in [-0.3, -0.25) is 0 Å². The largest absolute Gasteiger partial charge is 0.324 e. The molecule has 0 fully saturated rings. The highest BCUT2D eigenvalue weighted by atomic mass is 14.9. The average Bonchev–Trinajstić information content (AvgIpc) is 2.74. The first-order chi connectivity index (χ1) is 9.53. The highest BCUT2D eigenvalue weighted by Crippen LogP contribution is 2.37. The van der Waals surface area contributed by atoms with E-state index in [2.05, 4.69) is 50.4 Å². The second-order valence-corrected chi connectivity index (χ2v) is 7.03. The first-order valence-corrected chi connectivity index (χ1v) is 8.11. The van der Waals surface area contributed by atoms with Gasteiger partial charge in [-0.1, -0.05) is 64.3 Å². The lowest BCUT2D eigenvalue weighted by Crippen LogP contribution is -2.32. The molecule has 2 heteroatoms. The van der Waals surface area contributed by atoms with Crippen LogP contribution in [-0.2, 0) is 0 Å². The fourth-order valence-corrected chi connectivity index (χ4v) is 3.21. The van der Waals surface area contributed by atoms with Crippen LogP contribution < -0.4 is 11.1 Å². The van der Waals surface area contributed by atoms with Crippen molar-refractivity contribution < 1.29 is 0 Å². The van der Waals surface area contributed by atoms with Crippen LogP contribution in [0.1, 0.15) is 76.1 Å². The van der Waals surface area contributed by atoms with E-state index in [1.54, 1.807) is 0 Å². The molecule has 20 heavy (non-hydrogen) atoms. The van der Waals surface area contributed by atoms with Crippen molar-refractivity contribution in [3.8, 4) is 0 Å². The van der Waals surface area contributed by atoms with Crippen molar-refractivity contribution in [2.24, 2.45) is 11.1 Å². The smallest absolute Gasteiger partial charge is 0.0341 e. The van der Waals surface area contributed by atoms with Gasteiger partial charge in [-0.05, 0) is 29.4 Å². The van der Waals surface area contributed by atoms with E-state index in [0.717, 1.165) is 13.0 Å². The van der Waals surface area contributed by atoms with Crippen LogP contribution in [0.5, 0.6) is 0 Å². The molecule has 0 saturated heterocycles. The molecular formula is C18H30N2. The standard InChI is InChI=1S/C18H30N2/c1-4-5-8-11-18(2,3)13-20-17-12-16(19)14-9-6-7-10-15(14)17/h6-7,9-10,16-17,20H,4-5,8,11-13,19H2,1-3H3. The first-order valence-electron chi connectivity index (χ1n) is 8.11. The second kappa shape index (κ2) is 6.73. The van der Waals surface area contributed by atoms with E-state index in [0.29, 0.717) is 11.5 Å². The van der Waals surface area contributed by atoms with E-state index in [-0.39, 0.29) is 6.04 Å². The van der Waals surface area contributed by atoms with Crippen molar-refractivity contribution >= 4 is 0 Å². The maximum atomic E-state index is 6.23. The Morgan fingerprint density at radius 1 is 1.20 bits per heavy atom. The molecule has 0 saturated carbocycles. The fraction of sp³-hybridized carbons (Fsp3) is 0.667. The number of nitrogens with one attached hydrogen (secondary N) is 1. The number of rotatable bonds is 7. The van der Waals surface area contributed by atoms with Crippen LogP contribution >= 0.6 is 0 Å². The van der Waals surface area contributed by atoms with Crippen LogP contribution in [0.4, 0.5) is 0 Å². The molecule has 112 valence electrons. The highest BCUT2D eigenvalue weighted by Gasteiger charge is 2.29. The molecule has 1 aromatic rings. The molecule has 0 heterocycles. The topological polar surface area (TPSA) is 38.0 Å². The van der Waals surface area contributed by atoms with Gasteiger partial charge < -0.3 is 11.1 Å². The number of hydrogen-bond donors (Lipinski definition) is 2. The van der Waals surface area contributed by atoms with Crippen molar-refractivity contribution in [1.82, 2.24) is 5.32 Å². The molecule has 0 spiro atoms. The first kappa shape index (κ1) is 15.5. The maximum absolute atomic E-state index is 6.23. The fourth-order valence-electron chi connectivity index (χ4n) is 3.21. The van der Waals surface area contributed by atoms with Gasteiger partial charge in [0.1, 0.15) is 0 Å². The SMILES string of the molecule is CCCCCC(C)(C)CNC1CC(N)c2ccccc21. The van der Waals surface area contributed by atoms with Crippen molar-refractivity contribution in [2.75, 3.05) is 6.54 Å². The molecule has 2 nitrogen and oxygen atoms in total. The third kappa shape index (κ3) is 3.83. The van der Waals surface area contributed by atoms with E-state index in [1.165, 1.54) is 36.8 Å². The normalized spacial score (nSPS) is 22.0. The maximum Gasteiger partial charge on any atom is 0.0341 e. The molecule has 2 atom stereocenters. The van der Waals surface area contributed by atoms with Gasteiger partial charge in [-0.15, -0.1) is 0 Å². The molecule has 0 aromatic heterocycles. The zero-order chi connectivity index (χ0) is 14.6. The number of unbranched alkanes of at least 4 members (excludes halogenated alkanes) is 2. The minimum Gasteiger partial charge on any atom is -0.324 e. The lowest BCUT2D eigenvalue weighted by Gasteiger charge is -2.27. The van der Waals surface area contributed by atoms with E-state index in [1.807, 2.05) is 0 Å². The summed E-state index contributed by atoms with van der Waals surface area (Å²) in [5.41, 5.74) is 9.34. The monoisotopic (exact) mass is 274 g/mol. The highest BCUT2D eigenvalue weighted by molar-refractivity contribution is 5.37. The van der Waals surface area contributed by atoms with Gasteiger partial charge >= 0.3 is 0 Å². The van der Waals surface area contributed by atoms with Crippen molar-refractivity contribution in [2.45, 2.75) is 65.0 Å². The third-order valence-corrected chi connectivity index (χ3v) is 4.54. The Hall–Kier alpha value is -0.860. The van der Waals surface area contributed by atoms with Gasteiger partial charge in [0.05, 0.1) is 0 Å². The second-order valence-electron chi connectivity index (χ2n) is 7.03. The third-order valence-electron chi connectivity index (χ3n) is 4.54. The molecule has 1 aromatic carbocycles. The number of fused-ring (bicyclic) bond motifs is 1. The van der Waals surface area contributed by atoms with Crippen LogP contribution in [-0.4, -0.2) is 6.54 Å². The Morgan fingerprint density at radius 3 is 2.60 bits per heavy atom. The summed E-state index contributed by atoms with van der Waals surface area (Å²) in [6.45, 7) is 8.08. The van der Waals surface area contributed by atoms with Crippen LogP contribution in [0.2, 0.25) is 0 Å². The zero-order valence-electron chi connectivity index (χ0n) is 13.3. The summed E-state index contributed by atoms with van der Waals surface area (Å²) < 4.78 is 0. The Bertz CT molecular complexity index is 425. The predicted molar refractivity (Wildman–Crippen MR) is 86.7 cm³/mol. The summed E-state index contributed by atoms with van der Waals surface area (Å²) in [7, 11) is 0. The molecule has 1 aliphatic rings. The summed E-state index contributed by atoms with van der Waals surface area (Å²) in [6.07, 6.45) is 6.32. The van der Waals surface area contributed by atoms with Gasteiger partial charge in [0.2, 0.25) is 0 Å². The number of nitrogens with two attached hydrogens (primary N) is 1. The van der Waals surface area contributed by atoms with Crippen LogP contribution in [0.15, 0.2) is 24.3 Å². The molecule has 0 amide bonds. The molecule has 1 aliphatic carbocycles. The Kier molecular flexibility index (Phi) is 5.22. The zero-order valence-corrected chi connectivity index (χ0v) is 13.3. The van der Waals surface area contributed by atoms with Crippen molar-refractivity contribution in [1.29, 1.82) is 0 Å². The predicted octanol–water partition coefficient (Wildman–Crippen LogP) is 4.33. The molecule has 2 rings (SSSR count). The summed E-state index contributed by atoms with van der Waals surface area (Å²) in [5.74, 6) is 0. The van der Waals surface area contributed by atoms with Crippen molar-refractivity contribution in [3.05, 3.63) is 35.4 Å². The van der Waals surface area contributed by atoms with E-state index >= 15 is 0 Å². The van der Waals surface area contributed by atoms with Crippen LogP contribution in [0.25, 0.3) is 0 Å². The van der Waals surface area contributed by atoms with E-state index < -0.39 is 0 Å². The molecular weight excluding hydrogens is 244 g/mol. The van der Waals surface area contributed by atoms with Gasteiger partial charge in [-0.25, -0.2) is 0 Å². The summed E-state index contributed by atoms with van der Waals surface area (Å²) in [5, 5.41) is 3.76. The summed E-state index contributed by atoms with van der Waals surface area (Å²) in [4.78, 5) is 0. The van der Waals surface area contributed by atoms with Gasteiger partial charge in [-0.2, -0.15) is 0 Å². The molecule has 3 N–H and O–H groups in total. The average molecular weight is 274 g/mol. The Labute approximate surface area is 124 Å². The lowest BCUT2D eigenvalue weighted by atomic mass is 9.86. The van der Waals surface area contributed by atoms with E-state index in [9.17, 15) is 0 Å². The molecule has 2 unspecified atom stereocenters. The minimum atomic E-state index is 0.201. The molecule has 0 aliphatic heterocycles. The number of hydrogen-bond acceptors (Lipinski definition) is 2. The van der Waals surface area contributed by atoms with Crippen LogP contribution in [0, 0.1) is 5.41 Å². The van der Waals surface area contributed by atoms with Gasteiger partial charge in [0, 0.05) is 18.6 Å². The summed E-state index contributed by atoms with van der Waals surface area (Å²) in [6, 6.07) is 9.25.